The molecule has 0 amide bonds. The highest BCUT2D eigenvalue weighted by atomic mass is 15.2. The molecule has 0 radical (unpaired) electrons. The molecular formula is C36H22N4. The van der Waals surface area contributed by atoms with Gasteiger partial charge in [0.1, 0.15) is 0 Å². The Morgan fingerprint density at radius 3 is 2.00 bits per heavy atom. The van der Waals surface area contributed by atoms with Crippen LogP contribution in [0.15, 0.2) is 134 Å². The molecule has 0 saturated carbocycles. The summed E-state index contributed by atoms with van der Waals surface area (Å²) in [5.74, 6) is 0.682. The molecule has 0 saturated heterocycles. The number of aromatic nitrogens is 4. The minimum absolute atomic E-state index is 0.682. The average molecular weight is 511 g/mol. The Kier molecular flexibility index (Phi) is 4.30. The Morgan fingerprint density at radius 2 is 1.12 bits per heavy atom. The van der Waals surface area contributed by atoms with Crippen LogP contribution in [-0.4, -0.2) is 19.1 Å². The van der Waals surface area contributed by atoms with E-state index in [1.807, 2.05) is 24.4 Å². The molecule has 6 aromatic carbocycles. The van der Waals surface area contributed by atoms with Crippen molar-refractivity contribution in [3.63, 3.8) is 0 Å². The van der Waals surface area contributed by atoms with Crippen LogP contribution in [0.3, 0.4) is 0 Å². The van der Waals surface area contributed by atoms with Crippen LogP contribution in [0, 0.1) is 0 Å². The molecule has 0 bridgehead atoms. The van der Waals surface area contributed by atoms with E-state index in [0.29, 0.717) is 5.95 Å². The number of nitrogens with zero attached hydrogens (tertiary/aromatic N) is 4. The summed E-state index contributed by atoms with van der Waals surface area (Å²) >= 11 is 0. The Labute approximate surface area is 229 Å². The van der Waals surface area contributed by atoms with E-state index in [1.165, 1.54) is 43.4 Å². The second-order valence-electron chi connectivity index (χ2n) is 10.3. The molecule has 0 N–H and O–H groups in total. The van der Waals surface area contributed by atoms with Crippen molar-refractivity contribution in [1.82, 2.24) is 19.1 Å². The number of hydrogen-bond donors (Lipinski definition) is 0. The molecule has 0 aliphatic carbocycles. The largest absolute Gasteiger partial charge is 0.309 e. The monoisotopic (exact) mass is 510 g/mol. The number of para-hydroxylation sites is 3. The number of fused-ring (bicyclic) bond motifs is 10. The molecule has 186 valence electrons. The van der Waals surface area contributed by atoms with E-state index in [-0.39, 0.29) is 0 Å². The van der Waals surface area contributed by atoms with Crippen molar-refractivity contribution in [3.8, 4) is 11.6 Å². The average Bonchev–Trinajstić information content (AvgIpc) is 3.54. The van der Waals surface area contributed by atoms with E-state index in [0.717, 1.165) is 27.6 Å². The van der Waals surface area contributed by atoms with Gasteiger partial charge in [-0.2, -0.15) is 0 Å². The van der Waals surface area contributed by atoms with Gasteiger partial charge >= 0.3 is 0 Å². The molecule has 40 heavy (non-hydrogen) atoms. The quantitative estimate of drug-likeness (QED) is 0.233. The fourth-order valence-corrected chi connectivity index (χ4v) is 6.46. The standard InChI is InChI=1S/C36H22N4/c1-2-12-25(13-3-1)39-31-20-21-32-33(34(31)28-19-18-23-10-4-6-14-26(23)35(28)39)27-15-7-9-17-30(27)40(32)36-37-22-24-11-5-8-16-29(24)38-36/h1-22H. The van der Waals surface area contributed by atoms with Gasteiger partial charge in [0.05, 0.1) is 27.6 Å². The van der Waals surface area contributed by atoms with E-state index in [4.69, 9.17) is 9.97 Å². The summed E-state index contributed by atoms with van der Waals surface area (Å²) in [6, 6.07) is 45.1. The summed E-state index contributed by atoms with van der Waals surface area (Å²) in [7, 11) is 0. The van der Waals surface area contributed by atoms with E-state index >= 15 is 0 Å². The molecule has 9 rings (SSSR count). The van der Waals surface area contributed by atoms with Crippen LogP contribution < -0.4 is 0 Å². The minimum atomic E-state index is 0.682. The zero-order valence-corrected chi connectivity index (χ0v) is 21.5. The van der Waals surface area contributed by atoms with Gasteiger partial charge in [-0.1, -0.05) is 91.0 Å². The topological polar surface area (TPSA) is 35.6 Å². The lowest BCUT2D eigenvalue weighted by atomic mass is 10.0. The highest BCUT2D eigenvalue weighted by molar-refractivity contribution is 6.31. The van der Waals surface area contributed by atoms with Gasteiger partial charge < -0.3 is 4.57 Å². The second-order valence-corrected chi connectivity index (χ2v) is 10.3. The van der Waals surface area contributed by atoms with Crippen LogP contribution in [0.2, 0.25) is 0 Å². The molecule has 0 atom stereocenters. The third-order valence-electron chi connectivity index (χ3n) is 8.14. The van der Waals surface area contributed by atoms with Gasteiger partial charge in [0.25, 0.3) is 0 Å². The minimum Gasteiger partial charge on any atom is -0.309 e. The molecule has 4 heteroatoms. The van der Waals surface area contributed by atoms with Gasteiger partial charge in [-0.15, -0.1) is 0 Å². The fourth-order valence-electron chi connectivity index (χ4n) is 6.46. The summed E-state index contributed by atoms with van der Waals surface area (Å²) in [6.45, 7) is 0. The van der Waals surface area contributed by atoms with Crippen molar-refractivity contribution in [2.45, 2.75) is 0 Å². The van der Waals surface area contributed by atoms with Crippen LogP contribution in [0.25, 0.3) is 76.9 Å². The van der Waals surface area contributed by atoms with Gasteiger partial charge in [-0.3, -0.25) is 4.57 Å². The first-order chi connectivity index (χ1) is 19.9. The third-order valence-corrected chi connectivity index (χ3v) is 8.14. The molecule has 9 aromatic rings. The van der Waals surface area contributed by atoms with Crippen molar-refractivity contribution in [2.24, 2.45) is 0 Å². The molecule has 0 aliphatic rings. The van der Waals surface area contributed by atoms with Crippen molar-refractivity contribution >= 4 is 65.3 Å². The SMILES string of the molecule is c1ccc(-n2c3ccc4c(c5ccccc5n4-c4ncc5ccccc5n4)c3c3ccc4ccccc4c32)cc1. The molecule has 3 heterocycles. The van der Waals surface area contributed by atoms with Crippen LogP contribution in [0.4, 0.5) is 0 Å². The smallest absolute Gasteiger partial charge is 0.235 e. The zero-order chi connectivity index (χ0) is 26.2. The van der Waals surface area contributed by atoms with Crippen molar-refractivity contribution in [2.75, 3.05) is 0 Å². The van der Waals surface area contributed by atoms with Gasteiger partial charge in [-0.25, -0.2) is 9.97 Å². The van der Waals surface area contributed by atoms with E-state index < -0.39 is 0 Å². The van der Waals surface area contributed by atoms with Crippen LogP contribution in [0.5, 0.6) is 0 Å². The van der Waals surface area contributed by atoms with Gasteiger partial charge in [0.2, 0.25) is 5.95 Å². The summed E-state index contributed by atoms with van der Waals surface area (Å²) in [4.78, 5) is 9.83. The van der Waals surface area contributed by atoms with Gasteiger partial charge in [0, 0.05) is 44.2 Å². The maximum atomic E-state index is 5.00. The summed E-state index contributed by atoms with van der Waals surface area (Å²) in [5, 5.41) is 8.42. The predicted octanol–water partition coefficient (Wildman–Crippen LogP) is 8.98. The van der Waals surface area contributed by atoms with E-state index in [9.17, 15) is 0 Å². The lowest BCUT2D eigenvalue weighted by Crippen LogP contribution is -2.00. The van der Waals surface area contributed by atoms with E-state index in [1.54, 1.807) is 0 Å². The van der Waals surface area contributed by atoms with E-state index in [2.05, 4.69) is 118 Å². The Balaban J connectivity index is 1.51. The maximum absolute atomic E-state index is 5.00. The second kappa shape index (κ2) is 8.01. The number of rotatable bonds is 2. The fraction of sp³-hybridized carbons (Fsp3) is 0. The zero-order valence-electron chi connectivity index (χ0n) is 21.5. The molecular weight excluding hydrogens is 488 g/mol. The number of benzene rings is 6. The summed E-state index contributed by atoms with van der Waals surface area (Å²) < 4.78 is 4.63. The van der Waals surface area contributed by atoms with Crippen molar-refractivity contribution in [1.29, 1.82) is 0 Å². The molecule has 0 unspecified atom stereocenters. The third kappa shape index (κ3) is 2.85. The summed E-state index contributed by atoms with van der Waals surface area (Å²) in [6.07, 6.45) is 1.92. The lowest BCUT2D eigenvalue weighted by Gasteiger charge is -2.10. The Bertz CT molecular complexity index is 2430. The molecule has 0 fully saturated rings. The predicted molar refractivity (Wildman–Crippen MR) is 166 cm³/mol. The number of hydrogen-bond acceptors (Lipinski definition) is 2. The van der Waals surface area contributed by atoms with Crippen LogP contribution in [0.1, 0.15) is 0 Å². The van der Waals surface area contributed by atoms with Gasteiger partial charge in [0.15, 0.2) is 0 Å². The van der Waals surface area contributed by atoms with Gasteiger partial charge in [-0.05, 0) is 41.8 Å². The van der Waals surface area contributed by atoms with Crippen LogP contribution in [-0.2, 0) is 0 Å². The first-order valence-corrected chi connectivity index (χ1v) is 13.5. The Morgan fingerprint density at radius 1 is 0.450 bits per heavy atom. The molecule has 3 aromatic heterocycles. The molecule has 0 spiro atoms. The van der Waals surface area contributed by atoms with Crippen LogP contribution >= 0.6 is 0 Å². The first kappa shape index (κ1) is 21.5. The molecule has 4 nitrogen and oxygen atoms in total. The van der Waals surface area contributed by atoms with Crippen molar-refractivity contribution < 1.29 is 0 Å². The highest BCUT2D eigenvalue weighted by Gasteiger charge is 2.22. The summed E-state index contributed by atoms with van der Waals surface area (Å²) in [5.41, 5.74) is 6.70. The highest BCUT2D eigenvalue weighted by Crippen LogP contribution is 2.43. The maximum Gasteiger partial charge on any atom is 0.235 e. The van der Waals surface area contributed by atoms with Crippen molar-refractivity contribution in [3.05, 3.63) is 134 Å². The molecule has 0 aliphatic heterocycles. The normalized spacial score (nSPS) is 12.0. The Hall–Kier alpha value is -5.48. The first-order valence-electron chi connectivity index (χ1n) is 13.5. The lowest BCUT2D eigenvalue weighted by molar-refractivity contribution is 1.01.